The fourth-order valence-corrected chi connectivity index (χ4v) is 2.55. The molecule has 0 bridgehead atoms. The maximum absolute atomic E-state index is 5.66. The van der Waals surface area contributed by atoms with Gasteiger partial charge in [-0.1, -0.05) is 6.07 Å². The Morgan fingerprint density at radius 3 is 3.19 bits per heavy atom. The highest BCUT2D eigenvalue weighted by Crippen LogP contribution is 2.27. The van der Waals surface area contributed by atoms with Crippen LogP contribution < -0.4 is 0 Å². The van der Waals surface area contributed by atoms with Crippen LogP contribution in [-0.2, 0) is 4.74 Å². The lowest BCUT2D eigenvalue weighted by Crippen LogP contribution is -2.12. The molecule has 3 heterocycles. The fraction of sp³-hybridized carbons (Fsp3) is 0.455. The predicted molar refractivity (Wildman–Crippen MR) is 62.2 cm³/mol. The molecule has 5 heteroatoms. The highest BCUT2D eigenvalue weighted by molar-refractivity contribution is 7.13. The first kappa shape index (κ1) is 9.99. The van der Waals surface area contributed by atoms with E-state index < -0.39 is 0 Å². The Morgan fingerprint density at radius 1 is 1.44 bits per heavy atom. The van der Waals surface area contributed by atoms with Gasteiger partial charge in [-0.25, -0.2) is 4.98 Å². The average Bonchev–Trinajstić information content (AvgIpc) is 3.01. The van der Waals surface area contributed by atoms with Crippen molar-refractivity contribution in [2.24, 2.45) is 0 Å². The summed E-state index contributed by atoms with van der Waals surface area (Å²) in [6.45, 7) is 0.833. The third-order valence-electron chi connectivity index (χ3n) is 2.73. The number of nitrogens with zero attached hydrogens (tertiary/aromatic N) is 2. The van der Waals surface area contributed by atoms with E-state index in [1.54, 1.807) is 11.3 Å². The number of aromatic amines is 1. The third kappa shape index (κ3) is 1.88. The van der Waals surface area contributed by atoms with Crippen molar-refractivity contribution in [2.75, 3.05) is 6.61 Å². The highest BCUT2D eigenvalue weighted by atomic mass is 32.1. The summed E-state index contributed by atoms with van der Waals surface area (Å²) in [6.07, 6.45) is 3.51. The summed E-state index contributed by atoms with van der Waals surface area (Å²) < 4.78 is 5.66. The topological polar surface area (TPSA) is 50.8 Å². The number of H-pyrrole nitrogens is 1. The van der Waals surface area contributed by atoms with Crippen LogP contribution in [0.25, 0.3) is 10.7 Å². The zero-order valence-corrected chi connectivity index (χ0v) is 9.67. The molecule has 3 rings (SSSR count). The van der Waals surface area contributed by atoms with Gasteiger partial charge in [0.2, 0.25) is 0 Å². The molecule has 1 atom stereocenters. The standard InChI is InChI=1S/C11H13N3OS/c1-2-6-15-8(4-1)10-12-11(14-13-10)9-5-3-7-16-9/h3,5,7-8H,1-2,4,6H2,(H,12,13,14). The lowest BCUT2D eigenvalue weighted by molar-refractivity contribution is 0.00969. The fourth-order valence-electron chi connectivity index (χ4n) is 1.89. The largest absolute Gasteiger partial charge is 0.370 e. The number of rotatable bonds is 2. The van der Waals surface area contributed by atoms with Gasteiger partial charge in [0.1, 0.15) is 6.10 Å². The smallest absolute Gasteiger partial charge is 0.191 e. The minimum absolute atomic E-state index is 0.106. The lowest BCUT2D eigenvalue weighted by Gasteiger charge is -2.19. The van der Waals surface area contributed by atoms with Crippen LogP contribution in [-0.4, -0.2) is 21.8 Å². The van der Waals surface area contributed by atoms with E-state index in [9.17, 15) is 0 Å². The summed E-state index contributed by atoms with van der Waals surface area (Å²) in [5, 5.41) is 9.24. The van der Waals surface area contributed by atoms with E-state index in [0.717, 1.165) is 36.0 Å². The van der Waals surface area contributed by atoms with Crippen LogP contribution in [0.4, 0.5) is 0 Å². The monoisotopic (exact) mass is 235 g/mol. The molecule has 4 nitrogen and oxygen atoms in total. The number of thiophene rings is 1. The summed E-state index contributed by atoms with van der Waals surface area (Å²) >= 11 is 1.65. The van der Waals surface area contributed by atoms with Gasteiger partial charge in [-0.2, -0.15) is 5.10 Å². The summed E-state index contributed by atoms with van der Waals surface area (Å²) in [5.74, 6) is 1.64. The van der Waals surface area contributed by atoms with E-state index in [0.29, 0.717) is 0 Å². The molecule has 1 fully saturated rings. The Bertz CT molecular complexity index is 446. The maximum Gasteiger partial charge on any atom is 0.191 e. The molecule has 0 aliphatic carbocycles. The third-order valence-corrected chi connectivity index (χ3v) is 3.59. The highest BCUT2D eigenvalue weighted by Gasteiger charge is 2.20. The van der Waals surface area contributed by atoms with Gasteiger partial charge < -0.3 is 4.74 Å². The number of ether oxygens (including phenoxy) is 1. The number of hydrogen-bond acceptors (Lipinski definition) is 4. The Kier molecular flexibility index (Phi) is 2.71. The average molecular weight is 235 g/mol. The van der Waals surface area contributed by atoms with Crippen molar-refractivity contribution >= 4 is 11.3 Å². The van der Waals surface area contributed by atoms with Gasteiger partial charge in [-0.15, -0.1) is 11.3 Å². The predicted octanol–water partition coefficient (Wildman–Crippen LogP) is 2.77. The minimum atomic E-state index is 0.106. The first-order valence-electron chi connectivity index (χ1n) is 5.51. The first-order valence-corrected chi connectivity index (χ1v) is 6.39. The molecule has 0 aromatic carbocycles. The van der Waals surface area contributed by atoms with Gasteiger partial charge in [0.15, 0.2) is 11.6 Å². The molecule has 0 saturated carbocycles. The van der Waals surface area contributed by atoms with Gasteiger partial charge in [-0.3, -0.25) is 5.10 Å². The second kappa shape index (κ2) is 4.35. The lowest BCUT2D eigenvalue weighted by atomic mass is 10.1. The van der Waals surface area contributed by atoms with Crippen molar-refractivity contribution in [2.45, 2.75) is 25.4 Å². The van der Waals surface area contributed by atoms with Crippen LogP contribution in [0.2, 0.25) is 0 Å². The minimum Gasteiger partial charge on any atom is -0.370 e. The maximum atomic E-state index is 5.66. The van der Waals surface area contributed by atoms with Crippen molar-refractivity contribution in [3.63, 3.8) is 0 Å². The van der Waals surface area contributed by atoms with Crippen LogP contribution in [0.3, 0.4) is 0 Å². The van der Waals surface area contributed by atoms with Crippen LogP contribution in [0.5, 0.6) is 0 Å². The Balaban J connectivity index is 1.82. The van der Waals surface area contributed by atoms with Gasteiger partial charge in [0, 0.05) is 6.61 Å². The molecular formula is C11H13N3OS. The van der Waals surface area contributed by atoms with Crippen molar-refractivity contribution in [3.8, 4) is 10.7 Å². The van der Waals surface area contributed by atoms with Gasteiger partial charge >= 0.3 is 0 Å². The van der Waals surface area contributed by atoms with E-state index in [2.05, 4.69) is 15.2 Å². The molecule has 1 saturated heterocycles. The summed E-state index contributed by atoms with van der Waals surface area (Å²) in [6, 6.07) is 4.03. The second-order valence-electron chi connectivity index (χ2n) is 3.88. The van der Waals surface area contributed by atoms with Crippen LogP contribution in [0, 0.1) is 0 Å². The van der Waals surface area contributed by atoms with Crippen LogP contribution >= 0.6 is 11.3 Å². The summed E-state index contributed by atoms with van der Waals surface area (Å²) in [4.78, 5) is 5.59. The van der Waals surface area contributed by atoms with E-state index in [1.165, 1.54) is 6.42 Å². The van der Waals surface area contributed by atoms with Crippen LogP contribution in [0.1, 0.15) is 31.2 Å². The Labute approximate surface area is 97.7 Å². The van der Waals surface area contributed by atoms with Gasteiger partial charge in [0.25, 0.3) is 0 Å². The molecule has 2 aromatic heterocycles. The molecule has 1 aliphatic rings. The van der Waals surface area contributed by atoms with E-state index >= 15 is 0 Å². The van der Waals surface area contributed by atoms with E-state index in [-0.39, 0.29) is 6.10 Å². The molecule has 1 N–H and O–H groups in total. The molecule has 2 aromatic rings. The molecule has 0 radical (unpaired) electrons. The van der Waals surface area contributed by atoms with E-state index in [1.807, 2.05) is 17.5 Å². The summed E-state index contributed by atoms with van der Waals surface area (Å²) in [5.41, 5.74) is 0. The van der Waals surface area contributed by atoms with Crippen molar-refractivity contribution in [1.29, 1.82) is 0 Å². The van der Waals surface area contributed by atoms with Gasteiger partial charge in [-0.05, 0) is 30.7 Å². The normalized spacial score (nSPS) is 21.1. The Morgan fingerprint density at radius 2 is 2.44 bits per heavy atom. The molecule has 0 spiro atoms. The van der Waals surface area contributed by atoms with Crippen LogP contribution in [0.15, 0.2) is 17.5 Å². The Hall–Kier alpha value is -1.20. The number of hydrogen-bond donors (Lipinski definition) is 1. The quantitative estimate of drug-likeness (QED) is 0.870. The number of aromatic nitrogens is 3. The molecule has 1 unspecified atom stereocenters. The first-order chi connectivity index (χ1) is 7.93. The molecule has 84 valence electrons. The molecule has 16 heavy (non-hydrogen) atoms. The SMILES string of the molecule is c1csc(-c2n[nH]c(C3CCCCO3)n2)c1. The second-order valence-corrected chi connectivity index (χ2v) is 4.82. The van der Waals surface area contributed by atoms with Gasteiger partial charge in [0.05, 0.1) is 4.88 Å². The molecule has 1 aliphatic heterocycles. The van der Waals surface area contributed by atoms with E-state index in [4.69, 9.17) is 4.74 Å². The summed E-state index contributed by atoms with van der Waals surface area (Å²) in [7, 11) is 0. The zero-order valence-electron chi connectivity index (χ0n) is 8.85. The molecule has 0 amide bonds. The molecular weight excluding hydrogens is 222 g/mol. The van der Waals surface area contributed by atoms with Crippen molar-refractivity contribution in [1.82, 2.24) is 15.2 Å². The zero-order chi connectivity index (χ0) is 10.8. The van der Waals surface area contributed by atoms with Crippen molar-refractivity contribution in [3.05, 3.63) is 23.3 Å². The van der Waals surface area contributed by atoms with Crippen molar-refractivity contribution < 1.29 is 4.74 Å². The number of nitrogens with one attached hydrogen (secondary N) is 1.